The molecule has 0 atom stereocenters. The average molecular weight is 406 g/mol. The van der Waals surface area contributed by atoms with Crippen LogP contribution >= 0.6 is 0 Å². The van der Waals surface area contributed by atoms with Gasteiger partial charge >= 0.3 is 0 Å². The fraction of sp³-hybridized carbons (Fsp3) is 0.133. The highest BCUT2D eigenvalue weighted by Gasteiger charge is 2.16. The molecule has 10 nitrogen and oxygen atoms in total. The van der Waals surface area contributed by atoms with Crippen molar-refractivity contribution in [3.05, 3.63) is 36.7 Å². The van der Waals surface area contributed by atoms with Crippen LogP contribution in [-0.4, -0.2) is 54.3 Å². The number of aromatic nitrogens is 5. The Morgan fingerprint density at radius 3 is 1.48 bits per heavy atom. The third kappa shape index (κ3) is 4.23. The summed E-state index contributed by atoms with van der Waals surface area (Å²) >= 11 is 0. The Bertz CT molecular complexity index is 1150. The first-order chi connectivity index (χ1) is 12.5. The summed E-state index contributed by atoms with van der Waals surface area (Å²) in [5.41, 5.74) is 7.30. The number of nitrogens with zero attached hydrogens (tertiary/aromatic N) is 5. The van der Waals surface area contributed by atoms with Gasteiger partial charge in [0.15, 0.2) is 0 Å². The van der Waals surface area contributed by atoms with E-state index in [0.717, 1.165) is 12.5 Å². The van der Waals surface area contributed by atoms with E-state index in [1.165, 1.54) is 36.7 Å². The second-order valence-corrected chi connectivity index (χ2v) is 9.48. The summed E-state index contributed by atoms with van der Waals surface area (Å²) in [5, 5.41) is -0.681. The molecule has 3 heterocycles. The molecular formula is C15H14N6O4S2. The maximum absolute atomic E-state index is 11.7. The van der Waals surface area contributed by atoms with E-state index in [4.69, 9.17) is 5.73 Å². The molecular weight excluding hydrogens is 392 g/mol. The van der Waals surface area contributed by atoms with Gasteiger partial charge in [-0.15, -0.1) is 0 Å². The summed E-state index contributed by atoms with van der Waals surface area (Å²) in [7, 11) is -7.19. The molecule has 12 heteroatoms. The van der Waals surface area contributed by atoms with Crippen LogP contribution in [0.15, 0.2) is 47.0 Å². The number of hydrogen-bond donors (Lipinski definition) is 1. The number of nitrogen functional groups attached to an aromatic ring is 1. The van der Waals surface area contributed by atoms with E-state index in [1.807, 2.05) is 0 Å². The topological polar surface area (TPSA) is 159 Å². The summed E-state index contributed by atoms with van der Waals surface area (Å²) in [5.74, 6) is 0. The summed E-state index contributed by atoms with van der Waals surface area (Å²) in [6.45, 7) is 0. The molecule has 0 aliphatic carbocycles. The van der Waals surface area contributed by atoms with Gasteiger partial charge in [-0.05, 0) is 24.3 Å². The monoisotopic (exact) mass is 406 g/mol. The predicted molar refractivity (Wildman–Crippen MR) is 96.9 cm³/mol. The third-order valence-corrected chi connectivity index (χ3v) is 5.02. The minimum atomic E-state index is -3.60. The first-order valence-electron chi connectivity index (χ1n) is 7.38. The Labute approximate surface area is 155 Å². The molecule has 3 rings (SSSR count). The highest BCUT2D eigenvalue weighted by molar-refractivity contribution is 7.90. The van der Waals surface area contributed by atoms with Crippen LogP contribution in [0.1, 0.15) is 0 Å². The molecule has 0 spiro atoms. The van der Waals surface area contributed by atoms with Crippen LogP contribution in [-0.2, 0) is 19.7 Å². The lowest BCUT2D eigenvalue weighted by atomic mass is 10.2. The van der Waals surface area contributed by atoms with Crippen molar-refractivity contribution in [2.45, 2.75) is 10.3 Å². The Morgan fingerprint density at radius 2 is 1.11 bits per heavy atom. The van der Waals surface area contributed by atoms with Crippen molar-refractivity contribution in [2.75, 3.05) is 18.2 Å². The Morgan fingerprint density at radius 1 is 0.704 bits per heavy atom. The fourth-order valence-electron chi connectivity index (χ4n) is 2.14. The standard InChI is InChI=1S/C15H14N6O4S2/c1-26(22,23)14-17-5-3-10(20-14)12-7-9(16)8-13(19-12)11-4-6-18-15(21-11)27(2,24)25/h3-8H,1-2H3,(H2,16,19). The zero-order valence-corrected chi connectivity index (χ0v) is 15.9. The Balaban J connectivity index is 2.14. The van der Waals surface area contributed by atoms with E-state index >= 15 is 0 Å². The van der Waals surface area contributed by atoms with Crippen molar-refractivity contribution < 1.29 is 16.8 Å². The van der Waals surface area contributed by atoms with Crippen molar-refractivity contribution in [3.63, 3.8) is 0 Å². The second kappa shape index (κ2) is 6.63. The second-order valence-electron chi connectivity index (χ2n) is 5.66. The lowest BCUT2D eigenvalue weighted by Crippen LogP contribution is -2.06. The molecule has 2 N–H and O–H groups in total. The molecule has 0 aliphatic rings. The molecule has 27 heavy (non-hydrogen) atoms. The van der Waals surface area contributed by atoms with Crippen molar-refractivity contribution in [1.82, 2.24) is 24.9 Å². The summed E-state index contributed by atoms with van der Waals surface area (Å²) in [6.07, 6.45) is 4.60. The number of pyridine rings is 1. The third-order valence-electron chi connectivity index (χ3n) is 3.30. The van der Waals surface area contributed by atoms with Gasteiger partial charge in [-0.3, -0.25) is 0 Å². The molecule has 0 amide bonds. The van der Waals surface area contributed by atoms with Crippen molar-refractivity contribution >= 4 is 25.4 Å². The van der Waals surface area contributed by atoms with Crippen LogP contribution in [0.5, 0.6) is 0 Å². The molecule has 0 saturated heterocycles. The van der Waals surface area contributed by atoms with E-state index in [9.17, 15) is 16.8 Å². The van der Waals surface area contributed by atoms with Crippen LogP contribution in [0.2, 0.25) is 0 Å². The number of hydrogen-bond acceptors (Lipinski definition) is 10. The first kappa shape index (κ1) is 18.8. The summed E-state index contributed by atoms with van der Waals surface area (Å²) in [6, 6.07) is 6.00. The highest BCUT2D eigenvalue weighted by Crippen LogP contribution is 2.24. The van der Waals surface area contributed by atoms with Crippen LogP contribution in [0.4, 0.5) is 5.69 Å². The molecule has 0 aliphatic heterocycles. The largest absolute Gasteiger partial charge is 0.399 e. The molecule has 0 aromatic carbocycles. The molecule has 3 aromatic heterocycles. The van der Waals surface area contributed by atoms with Gasteiger partial charge in [0.25, 0.3) is 0 Å². The Kier molecular flexibility index (Phi) is 4.61. The number of sulfone groups is 2. The number of rotatable bonds is 4. The molecule has 0 fully saturated rings. The van der Waals surface area contributed by atoms with Gasteiger partial charge in [-0.1, -0.05) is 0 Å². The summed E-state index contributed by atoms with van der Waals surface area (Å²) in [4.78, 5) is 19.8. The normalized spacial score (nSPS) is 12.1. The lowest BCUT2D eigenvalue weighted by molar-refractivity contribution is 0.591. The molecule has 140 valence electrons. The van der Waals surface area contributed by atoms with Gasteiger partial charge in [0, 0.05) is 30.6 Å². The first-order valence-corrected chi connectivity index (χ1v) is 11.2. The van der Waals surface area contributed by atoms with Gasteiger partial charge in [0.05, 0.1) is 22.8 Å². The number of nitrogens with two attached hydrogens (primary N) is 1. The molecule has 3 aromatic rings. The van der Waals surface area contributed by atoms with Crippen LogP contribution < -0.4 is 5.73 Å². The maximum atomic E-state index is 11.7. The van der Waals surface area contributed by atoms with Crippen molar-refractivity contribution in [3.8, 4) is 22.8 Å². The quantitative estimate of drug-likeness (QED) is 0.600. The van der Waals surface area contributed by atoms with Crippen LogP contribution in [0.3, 0.4) is 0 Å². The average Bonchev–Trinajstić information content (AvgIpc) is 2.60. The molecule has 0 saturated carbocycles. The van der Waals surface area contributed by atoms with E-state index in [1.54, 1.807) is 0 Å². The van der Waals surface area contributed by atoms with Crippen LogP contribution in [0.25, 0.3) is 22.8 Å². The number of anilines is 1. The maximum Gasteiger partial charge on any atom is 0.247 e. The van der Waals surface area contributed by atoms with E-state index in [-0.39, 0.29) is 33.1 Å². The Hall–Kier alpha value is -2.99. The predicted octanol–water partition coefficient (Wildman–Crippen LogP) is 0.385. The van der Waals surface area contributed by atoms with E-state index in [0.29, 0.717) is 5.69 Å². The smallest absolute Gasteiger partial charge is 0.247 e. The van der Waals surface area contributed by atoms with Gasteiger partial charge in [0.1, 0.15) is 0 Å². The molecule has 0 bridgehead atoms. The van der Waals surface area contributed by atoms with Gasteiger partial charge in [0.2, 0.25) is 30.0 Å². The minimum absolute atomic E-state index is 0.247. The van der Waals surface area contributed by atoms with Crippen LogP contribution in [0, 0.1) is 0 Å². The van der Waals surface area contributed by atoms with E-state index < -0.39 is 19.7 Å². The molecule has 0 unspecified atom stereocenters. The zero-order chi connectivity index (χ0) is 19.8. The van der Waals surface area contributed by atoms with E-state index in [2.05, 4.69) is 24.9 Å². The summed E-state index contributed by atoms with van der Waals surface area (Å²) < 4.78 is 46.6. The molecule has 0 radical (unpaired) electrons. The zero-order valence-electron chi connectivity index (χ0n) is 14.2. The van der Waals surface area contributed by atoms with Gasteiger partial charge < -0.3 is 5.73 Å². The minimum Gasteiger partial charge on any atom is -0.399 e. The lowest BCUT2D eigenvalue weighted by Gasteiger charge is -2.07. The van der Waals surface area contributed by atoms with Gasteiger partial charge in [-0.2, -0.15) is 0 Å². The van der Waals surface area contributed by atoms with Gasteiger partial charge in [-0.25, -0.2) is 41.8 Å². The van der Waals surface area contributed by atoms with Crippen molar-refractivity contribution in [2.24, 2.45) is 0 Å². The SMILES string of the molecule is CS(=O)(=O)c1nccc(-c2cc(N)cc(-c3ccnc(S(C)(=O)=O)n3)n2)n1. The highest BCUT2D eigenvalue weighted by atomic mass is 32.2. The van der Waals surface area contributed by atoms with Crippen molar-refractivity contribution in [1.29, 1.82) is 0 Å². The fourth-order valence-corrected chi connectivity index (χ4v) is 3.17.